The molecule has 0 fully saturated rings. The maximum atomic E-state index is 11.7. The van der Waals surface area contributed by atoms with Gasteiger partial charge >= 0.3 is 0 Å². The van der Waals surface area contributed by atoms with Gasteiger partial charge < -0.3 is 14.6 Å². The molecular weight excluding hydrogens is 410 g/mol. The summed E-state index contributed by atoms with van der Waals surface area (Å²) in [4.78, 5) is 16.6. The van der Waals surface area contributed by atoms with Gasteiger partial charge in [0, 0.05) is 25.9 Å². The van der Waals surface area contributed by atoms with Crippen LogP contribution in [0, 0.1) is 6.92 Å². The number of benzene rings is 2. The van der Waals surface area contributed by atoms with Crippen LogP contribution in [0.2, 0.25) is 0 Å². The van der Waals surface area contributed by atoms with Crippen molar-refractivity contribution in [3.05, 3.63) is 59.4 Å². The number of aromatic nitrogens is 2. The van der Waals surface area contributed by atoms with Crippen molar-refractivity contribution in [1.82, 2.24) is 14.9 Å². The number of nitrogens with zero attached hydrogens (tertiary/aromatic N) is 2. The SMILES string of the molecule is CCCC(=O)NCCCc1nc2ccccc2n1CCCCOc1cc(C)ccc1C(C)C. The van der Waals surface area contributed by atoms with Gasteiger partial charge in [0.25, 0.3) is 0 Å². The second-order valence-corrected chi connectivity index (χ2v) is 9.12. The van der Waals surface area contributed by atoms with E-state index in [1.807, 2.05) is 13.0 Å². The number of hydrogen-bond acceptors (Lipinski definition) is 3. The van der Waals surface area contributed by atoms with Crippen LogP contribution in [0.15, 0.2) is 42.5 Å². The maximum absolute atomic E-state index is 11.7. The summed E-state index contributed by atoms with van der Waals surface area (Å²) in [5.41, 5.74) is 4.73. The van der Waals surface area contributed by atoms with Crippen molar-refractivity contribution in [1.29, 1.82) is 0 Å². The number of fused-ring (bicyclic) bond motifs is 1. The van der Waals surface area contributed by atoms with E-state index in [9.17, 15) is 4.79 Å². The number of ether oxygens (including phenoxy) is 1. The van der Waals surface area contributed by atoms with Gasteiger partial charge in [-0.1, -0.05) is 45.0 Å². The molecule has 3 aromatic rings. The molecule has 0 spiro atoms. The van der Waals surface area contributed by atoms with E-state index in [1.165, 1.54) is 16.6 Å². The fourth-order valence-electron chi connectivity index (χ4n) is 4.15. The highest BCUT2D eigenvalue weighted by atomic mass is 16.5. The molecule has 0 saturated carbocycles. The fraction of sp³-hybridized carbons (Fsp3) is 0.500. The summed E-state index contributed by atoms with van der Waals surface area (Å²) in [6.45, 7) is 10.9. The number of unbranched alkanes of at least 4 members (excludes halogenated alkanes) is 1. The molecule has 0 unspecified atom stereocenters. The third kappa shape index (κ3) is 7.08. The van der Waals surface area contributed by atoms with E-state index in [0.717, 1.165) is 55.7 Å². The van der Waals surface area contributed by atoms with Gasteiger partial charge in [0.15, 0.2) is 0 Å². The molecule has 5 heteroatoms. The molecule has 2 aromatic carbocycles. The van der Waals surface area contributed by atoms with Crippen LogP contribution in [-0.2, 0) is 17.8 Å². The van der Waals surface area contributed by atoms with Crippen LogP contribution in [0.4, 0.5) is 0 Å². The lowest BCUT2D eigenvalue weighted by Gasteiger charge is -2.15. The lowest BCUT2D eigenvalue weighted by molar-refractivity contribution is -0.121. The Hall–Kier alpha value is -2.82. The molecule has 1 aromatic heterocycles. The summed E-state index contributed by atoms with van der Waals surface area (Å²) in [5.74, 6) is 2.71. The first-order valence-electron chi connectivity index (χ1n) is 12.4. The topological polar surface area (TPSA) is 56.2 Å². The van der Waals surface area contributed by atoms with Gasteiger partial charge in [0.1, 0.15) is 11.6 Å². The molecule has 3 rings (SSSR count). The van der Waals surface area contributed by atoms with E-state index >= 15 is 0 Å². The molecular formula is C28H39N3O2. The van der Waals surface area contributed by atoms with Crippen molar-refractivity contribution in [3.8, 4) is 5.75 Å². The smallest absolute Gasteiger partial charge is 0.219 e. The van der Waals surface area contributed by atoms with Crippen LogP contribution in [0.3, 0.4) is 0 Å². The Morgan fingerprint density at radius 3 is 2.73 bits per heavy atom. The van der Waals surface area contributed by atoms with Crippen molar-refractivity contribution >= 4 is 16.9 Å². The van der Waals surface area contributed by atoms with Gasteiger partial charge in [-0.25, -0.2) is 4.98 Å². The summed E-state index contributed by atoms with van der Waals surface area (Å²) in [6.07, 6.45) is 5.26. The Kier molecular flexibility index (Phi) is 9.35. The lowest BCUT2D eigenvalue weighted by Crippen LogP contribution is -2.24. The largest absolute Gasteiger partial charge is 0.493 e. The van der Waals surface area contributed by atoms with Crippen molar-refractivity contribution in [3.63, 3.8) is 0 Å². The second-order valence-electron chi connectivity index (χ2n) is 9.12. The summed E-state index contributed by atoms with van der Waals surface area (Å²) >= 11 is 0. The van der Waals surface area contributed by atoms with Crippen molar-refractivity contribution in [2.75, 3.05) is 13.2 Å². The second kappa shape index (κ2) is 12.4. The van der Waals surface area contributed by atoms with Gasteiger partial charge in [-0.3, -0.25) is 4.79 Å². The van der Waals surface area contributed by atoms with Gasteiger partial charge in [-0.15, -0.1) is 0 Å². The summed E-state index contributed by atoms with van der Waals surface area (Å²) in [6, 6.07) is 14.8. The van der Waals surface area contributed by atoms with E-state index in [-0.39, 0.29) is 5.91 Å². The van der Waals surface area contributed by atoms with E-state index in [1.54, 1.807) is 0 Å². The number of carbonyl (C=O) groups is 1. The van der Waals surface area contributed by atoms with Crippen LogP contribution in [-0.4, -0.2) is 28.6 Å². The quantitative estimate of drug-likeness (QED) is 0.317. The lowest BCUT2D eigenvalue weighted by atomic mass is 10.0. The van der Waals surface area contributed by atoms with E-state index in [4.69, 9.17) is 9.72 Å². The highest BCUT2D eigenvalue weighted by molar-refractivity contribution is 5.76. The first-order valence-corrected chi connectivity index (χ1v) is 12.4. The molecule has 178 valence electrons. The van der Waals surface area contributed by atoms with Crippen LogP contribution < -0.4 is 10.1 Å². The molecule has 0 saturated heterocycles. The van der Waals surface area contributed by atoms with Crippen molar-refractivity contribution < 1.29 is 9.53 Å². The molecule has 5 nitrogen and oxygen atoms in total. The Morgan fingerprint density at radius 1 is 1.12 bits per heavy atom. The zero-order valence-electron chi connectivity index (χ0n) is 20.7. The minimum absolute atomic E-state index is 0.139. The Balaban J connectivity index is 1.55. The number of amides is 1. The summed E-state index contributed by atoms with van der Waals surface area (Å²) < 4.78 is 8.52. The third-order valence-corrected chi connectivity index (χ3v) is 5.93. The molecule has 1 amide bonds. The predicted molar refractivity (Wildman–Crippen MR) is 136 cm³/mol. The van der Waals surface area contributed by atoms with Crippen LogP contribution in [0.25, 0.3) is 11.0 Å². The minimum Gasteiger partial charge on any atom is -0.493 e. The number of para-hydroxylation sites is 2. The monoisotopic (exact) mass is 449 g/mol. The number of imidazole rings is 1. The zero-order valence-corrected chi connectivity index (χ0v) is 20.7. The normalized spacial score (nSPS) is 11.3. The predicted octanol–water partition coefficient (Wildman–Crippen LogP) is 6.18. The Morgan fingerprint density at radius 2 is 1.94 bits per heavy atom. The van der Waals surface area contributed by atoms with Gasteiger partial charge in [-0.2, -0.15) is 0 Å². The Labute approximate surface area is 198 Å². The molecule has 0 aliphatic heterocycles. The van der Waals surface area contributed by atoms with Gasteiger partial charge in [0.2, 0.25) is 5.91 Å². The van der Waals surface area contributed by atoms with E-state index in [2.05, 4.69) is 67.1 Å². The standard InChI is InChI=1S/C28H39N3O2/c1-5-11-28(32)29-17-10-14-27-30-24-12-6-7-13-25(24)31(27)18-8-9-19-33-26-20-22(4)15-16-23(26)21(2)3/h6-7,12-13,15-16,20-21H,5,8-11,14,17-19H2,1-4H3,(H,29,32). The van der Waals surface area contributed by atoms with Gasteiger partial charge in [0.05, 0.1) is 17.6 Å². The van der Waals surface area contributed by atoms with Crippen molar-refractivity contribution in [2.24, 2.45) is 0 Å². The maximum Gasteiger partial charge on any atom is 0.219 e. The summed E-state index contributed by atoms with van der Waals surface area (Å²) in [5, 5.41) is 3.01. The Bertz CT molecular complexity index is 1040. The van der Waals surface area contributed by atoms with E-state index in [0.29, 0.717) is 25.5 Å². The van der Waals surface area contributed by atoms with Crippen LogP contribution >= 0.6 is 0 Å². The van der Waals surface area contributed by atoms with Crippen LogP contribution in [0.1, 0.15) is 75.7 Å². The molecule has 0 atom stereocenters. The third-order valence-electron chi connectivity index (χ3n) is 5.93. The molecule has 1 heterocycles. The number of hydrogen-bond donors (Lipinski definition) is 1. The van der Waals surface area contributed by atoms with Gasteiger partial charge in [-0.05, 0) is 67.9 Å². The number of carbonyl (C=O) groups excluding carboxylic acids is 1. The molecule has 1 N–H and O–H groups in total. The number of rotatable bonds is 13. The fourth-order valence-corrected chi connectivity index (χ4v) is 4.15. The average Bonchev–Trinajstić information content (AvgIpc) is 3.14. The first kappa shape index (κ1) is 24.8. The highest BCUT2D eigenvalue weighted by Crippen LogP contribution is 2.27. The van der Waals surface area contributed by atoms with E-state index < -0.39 is 0 Å². The molecule has 0 aliphatic rings. The number of nitrogens with one attached hydrogen (secondary N) is 1. The molecule has 0 aliphatic carbocycles. The molecule has 0 bridgehead atoms. The minimum atomic E-state index is 0.139. The number of aryl methyl sites for hydroxylation is 3. The summed E-state index contributed by atoms with van der Waals surface area (Å²) in [7, 11) is 0. The zero-order chi connectivity index (χ0) is 23.6. The van der Waals surface area contributed by atoms with Crippen molar-refractivity contribution in [2.45, 2.75) is 78.7 Å². The average molecular weight is 450 g/mol. The van der Waals surface area contributed by atoms with Crippen LogP contribution in [0.5, 0.6) is 5.75 Å². The first-order chi connectivity index (χ1) is 16.0. The molecule has 0 radical (unpaired) electrons. The highest BCUT2D eigenvalue weighted by Gasteiger charge is 2.11. The molecule has 33 heavy (non-hydrogen) atoms.